The van der Waals surface area contributed by atoms with E-state index in [1.165, 1.54) is 17.0 Å². The highest BCUT2D eigenvalue weighted by molar-refractivity contribution is 5.89. The Morgan fingerprint density at radius 3 is 2.64 bits per heavy atom. The van der Waals surface area contributed by atoms with Crippen LogP contribution >= 0.6 is 0 Å². The van der Waals surface area contributed by atoms with Gasteiger partial charge in [0.2, 0.25) is 5.91 Å². The molecule has 10 nitrogen and oxygen atoms in total. The van der Waals surface area contributed by atoms with Crippen molar-refractivity contribution in [3.63, 3.8) is 0 Å². The summed E-state index contributed by atoms with van der Waals surface area (Å²) >= 11 is 0. The minimum atomic E-state index is -1.05. The van der Waals surface area contributed by atoms with Gasteiger partial charge in [-0.05, 0) is 49.6 Å². The second-order valence-corrected chi connectivity index (χ2v) is 10.2. The summed E-state index contributed by atoms with van der Waals surface area (Å²) in [5.74, 6) is -1.93. The maximum absolute atomic E-state index is 15.7. The van der Waals surface area contributed by atoms with Crippen LogP contribution in [0, 0.1) is 18.6 Å². The summed E-state index contributed by atoms with van der Waals surface area (Å²) < 4.78 is 38.9. The zero-order valence-electron chi connectivity index (χ0n) is 21.1. The molecule has 39 heavy (non-hydrogen) atoms. The normalized spacial score (nSPS) is 18.4. The summed E-state index contributed by atoms with van der Waals surface area (Å²) in [4.78, 5) is 36.5. The molecule has 2 amide bonds. The fraction of sp³-hybridized carbons (Fsp3) is 0.333. The number of rotatable bonds is 6. The first kappa shape index (κ1) is 25.0. The van der Waals surface area contributed by atoms with Crippen molar-refractivity contribution in [3.8, 4) is 22.6 Å². The summed E-state index contributed by atoms with van der Waals surface area (Å²) in [5, 5.41) is 9.41. The Bertz CT molecular complexity index is 1600. The second kappa shape index (κ2) is 9.16. The molecule has 202 valence electrons. The molecule has 4 heterocycles. The lowest BCUT2D eigenvalue weighted by Crippen LogP contribution is -2.45. The highest BCUT2D eigenvalue weighted by atomic mass is 19.1. The van der Waals surface area contributed by atoms with Crippen molar-refractivity contribution in [2.75, 3.05) is 19.7 Å². The summed E-state index contributed by atoms with van der Waals surface area (Å²) in [5.41, 5.74) is 7.08. The van der Waals surface area contributed by atoms with E-state index in [9.17, 15) is 14.7 Å². The number of primary amides is 1. The number of nitrogens with two attached hydrogens (primary N) is 1. The van der Waals surface area contributed by atoms with Crippen LogP contribution in [0.2, 0.25) is 0 Å². The maximum Gasteiger partial charge on any atom is 0.407 e. The number of carbonyl (C=O) groups is 2. The van der Waals surface area contributed by atoms with Gasteiger partial charge in [0.15, 0.2) is 0 Å². The number of hydrogen-bond acceptors (Lipinski definition) is 5. The molecule has 2 aliphatic rings. The van der Waals surface area contributed by atoms with Crippen LogP contribution in [-0.4, -0.2) is 67.2 Å². The lowest BCUT2D eigenvalue weighted by Gasteiger charge is -2.31. The molecule has 6 rings (SSSR count). The minimum Gasteiger partial charge on any atom is -0.465 e. The topological polar surface area (TPSA) is 139 Å². The molecule has 4 N–H and O–H groups in total. The van der Waals surface area contributed by atoms with Crippen molar-refractivity contribution in [2.24, 2.45) is 5.73 Å². The number of imidazole rings is 2. The number of aromatic amines is 1. The Labute approximate surface area is 221 Å². The number of carboxylic acid groups (broad SMARTS) is 1. The van der Waals surface area contributed by atoms with Crippen molar-refractivity contribution >= 4 is 17.6 Å². The van der Waals surface area contributed by atoms with E-state index in [2.05, 4.69) is 15.0 Å². The molecule has 12 heteroatoms. The van der Waals surface area contributed by atoms with Crippen molar-refractivity contribution in [2.45, 2.75) is 37.7 Å². The number of nitrogens with zero attached hydrogens (tertiary/aromatic N) is 4. The quantitative estimate of drug-likeness (QED) is 0.345. The molecule has 1 atom stereocenters. The zero-order chi connectivity index (χ0) is 27.5. The van der Waals surface area contributed by atoms with Crippen LogP contribution < -0.4 is 5.73 Å². The summed E-state index contributed by atoms with van der Waals surface area (Å²) in [6.07, 6.45) is 3.12. The molecular formula is C27H26F2N6O4. The van der Waals surface area contributed by atoms with Gasteiger partial charge in [-0.3, -0.25) is 4.79 Å². The molecule has 1 aliphatic carbocycles. The van der Waals surface area contributed by atoms with E-state index in [0.29, 0.717) is 29.9 Å². The maximum atomic E-state index is 15.7. The average molecular weight is 537 g/mol. The van der Waals surface area contributed by atoms with Gasteiger partial charge in [-0.15, -0.1) is 0 Å². The predicted octanol–water partition coefficient (Wildman–Crippen LogP) is 3.42. The summed E-state index contributed by atoms with van der Waals surface area (Å²) in [7, 11) is 0. The minimum absolute atomic E-state index is 0.115. The summed E-state index contributed by atoms with van der Waals surface area (Å²) in [6, 6.07) is 6.01. The highest BCUT2D eigenvalue weighted by Gasteiger charge is 2.52. The molecule has 0 bridgehead atoms. The Kier molecular flexibility index (Phi) is 5.87. The number of aromatic nitrogens is 4. The van der Waals surface area contributed by atoms with Crippen LogP contribution in [0.3, 0.4) is 0 Å². The number of hydrogen-bond donors (Lipinski definition) is 3. The van der Waals surface area contributed by atoms with E-state index in [1.54, 1.807) is 22.9 Å². The molecule has 1 aromatic carbocycles. The van der Waals surface area contributed by atoms with Crippen LogP contribution in [0.25, 0.3) is 28.3 Å². The van der Waals surface area contributed by atoms with Gasteiger partial charge in [0.05, 0.1) is 47.3 Å². The second-order valence-electron chi connectivity index (χ2n) is 10.2. The Hall–Kier alpha value is -4.32. The third-order valence-corrected chi connectivity index (χ3v) is 7.55. The number of pyridine rings is 1. The van der Waals surface area contributed by atoms with E-state index in [4.69, 9.17) is 10.5 Å². The molecule has 0 radical (unpaired) electrons. The fourth-order valence-corrected chi connectivity index (χ4v) is 5.23. The number of carbonyl (C=O) groups excluding carboxylic acids is 1. The largest absolute Gasteiger partial charge is 0.465 e. The van der Waals surface area contributed by atoms with Gasteiger partial charge in [-0.25, -0.2) is 23.5 Å². The number of benzene rings is 1. The third-order valence-electron chi connectivity index (χ3n) is 7.55. The number of H-pyrrole nitrogens is 1. The molecule has 0 spiro atoms. The SMILES string of the molecule is Cc1ccn2c(C[C@H]3CN(C(=O)O)CCO3)c(-c3c(F)cc(-c4nc(C5(C(N)=O)CC5)c[nH]4)cc3F)nc2c1. The van der Waals surface area contributed by atoms with Crippen LogP contribution in [0.1, 0.15) is 29.8 Å². The number of fused-ring (bicyclic) bond motifs is 1. The molecular weight excluding hydrogens is 510 g/mol. The van der Waals surface area contributed by atoms with Gasteiger partial charge >= 0.3 is 6.09 Å². The number of halogens is 2. The predicted molar refractivity (Wildman–Crippen MR) is 136 cm³/mol. The standard InChI is InChI=1S/C27H26F2N6O4/c1-14-2-5-35-19(11-16-13-34(26(37)38)6-7-39-16)23(33-21(35)8-14)22-17(28)9-15(10-18(22)29)24-31-12-20(32-24)27(3-4-27)25(30)36/h2,5,8-10,12,16H,3-4,6-7,11,13H2,1H3,(H2,30,36)(H,31,32)(H,37,38)/t16-/m0/s1. The smallest absolute Gasteiger partial charge is 0.407 e. The lowest BCUT2D eigenvalue weighted by atomic mass is 10.0. The van der Waals surface area contributed by atoms with Gasteiger partial charge in [0.25, 0.3) is 0 Å². The van der Waals surface area contributed by atoms with E-state index in [0.717, 1.165) is 5.56 Å². The van der Waals surface area contributed by atoms with Crippen LogP contribution in [0.15, 0.2) is 36.7 Å². The highest BCUT2D eigenvalue weighted by Crippen LogP contribution is 2.47. The Morgan fingerprint density at radius 1 is 1.23 bits per heavy atom. The third kappa shape index (κ3) is 4.30. The van der Waals surface area contributed by atoms with E-state index in [1.807, 2.05) is 13.0 Å². The molecule has 1 saturated heterocycles. The first-order valence-electron chi connectivity index (χ1n) is 12.6. The molecule has 0 unspecified atom stereocenters. The van der Waals surface area contributed by atoms with Crippen molar-refractivity contribution in [1.82, 2.24) is 24.3 Å². The lowest BCUT2D eigenvalue weighted by molar-refractivity contribution is -0.120. The molecule has 1 aliphatic heterocycles. The number of amides is 2. The van der Waals surface area contributed by atoms with Crippen LogP contribution in [0.4, 0.5) is 13.6 Å². The van der Waals surface area contributed by atoms with Crippen LogP contribution in [0.5, 0.6) is 0 Å². The number of morpholine rings is 1. The van der Waals surface area contributed by atoms with Gasteiger partial charge in [-0.1, -0.05) is 0 Å². The van der Waals surface area contributed by atoms with Crippen molar-refractivity contribution in [3.05, 3.63) is 65.2 Å². The van der Waals surface area contributed by atoms with Gasteiger partial charge < -0.3 is 29.9 Å². The monoisotopic (exact) mass is 536 g/mol. The number of aryl methyl sites for hydroxylation is 1. The Morgan fingerprint density at radius 2 is 1.97 bits per heavy atom. The molecule has 1 saturated carbocycles. The van der Waals surface area contributed by atoms with Crippen molar-refractivity contribution in [1.29, 1.82) is 0 Å². The van der Waals surface area contributed by atoms with Crippen LogP contribution in [-0.2, 0) is 21.4 Å². The number of ether oxygens (including phenoxy) is 1. The van der Waals surface area contributed by atoms with Gasteiger partial charge in [0.1, 0.15) is 23.1 Å². The molecule has 4 aromatic rings. The number of nitrogens with one attached hydrogen (secondary N) is 1. The first-order valence-corrected chi connectivity index (χ1v) is 12.6. The first-order chi connectivity index (χ1) is 18.7. The molecule has 2 fully saturated rings. The van der Waals surface area contributed by atoms with Crippen molar-refractivity contribution < 1.29 is 28.2 Å². The summed E-state index contributed by atoms with van der Waals surface area (Å²) in [6.45, 7) is 2.50. The van der Waals surface area contributed by atoms with Gasteiger partial charge in [-0.2, -0.15) is 0 Å². The average Bonchev–Trinajstić information content (AvgIpc) is 3.44. The molecule has 3 aromatic heterocycles. The fourth-order valence-electron chi connectivity index (χ4n) is 5.23. The van der Waals surface area contributed by atoms with E-state index < -0.39 is 35.2 Å². The van der Waals surface area contributed by atoms with Gasteiger partial charge in [0, 0.05) is 30.9 Å². The Balaban J connectivity index is 1.39. The van der Waals surface area contributed by atoms with E-state index >= 15 is 8.78 Å². The zero-order valence-corrected chi connectivity index (χ0v) is 21.1. The van der Waals surface area contributed by atoms with E-state index in [-0.39, 0.29) is 48.8 Å².